The Kier molecular flexibility index (Phi) is 1.45. The number of hydrogen-bond acceptors (Lipinski definition) is 4. The number of nitro benzene ring substituents is 1. The van der Waals surface area contributed by atoms with Gasteiger partial charge in [-0.05, 0) is 6.07 Å². The average molecular weight is 179 g/mol. The fourth-order valence-electron chi connectivity index (χ4n) is 1.13. The Labute approximate surface area is 72.4 Å². The van der Waals surface area contributed by atoms with Gasteiger partial charge < -0.3 is 9.52 Å². The first-order valence-corrected chi connectivity index (χ1v) is 3.53. The van der Waals surface area contributed by atoms with Gasteiger partial charge in [0.15, 0.2) is 5.75 Å². The van der Waals surface area contributed by atoms with Crippen molar-refractivity contribution in [1.82, 2.24) is 0 Å². The summed E-state index contributed by atoms with van der Waals surface area (Å²) in [4.78, 5) is 9.77. The largest absolute Gasteiger partial charge is 0.502 e. The van der Waals surface area contributed by atoms with Crippen LogP contribution in [-0.4, -0.2) is 10.0 Å². The molecule has 2 aromatic rings. The van der Waals surface area contributed by atoms with Gasteiger partial charge in [-0.2, -0.15) is 0 Å². The van der Waals surface area contributed by atoms with E-state index in [1.54, 1.807) is 6.07 Å². The summed E-state index contributed by atoms with van der Waals surface area (Å²) in [6.07, 6.45) is 1.41. The van der Waals surface area contributed by atoms with Crippen molar-refractivity contribution in [1.29, 1.82) is 0 Å². The summed E-state index contributed by atoms with van der Waals surface area (Å²) in [6, 6.07) is 4.10. The van der Waals surface area contributed by atoms with Gasteiger partial charge in [-0.25, -0.2) is 0 Å². The topological polar surface area (TPSA) is 76.5 Å². The zero-order chi connectivity index (χ0) is 9.42. The molecule has 1 aromatic heterocycles. The van der Waals surface area contributed by atoms with E-state index in [0.717, 1.165) is 0 Å². The van der Waals surface area contributed by atoms with Gasteiger partial charge in [-0.1, -0.05) is 0 Å². The summed E-state index contributed by atoms with van der Waals surface area (Å²) in [5, 5.41) is 20.2. The molecule has 1 heterocycles. The molecule has 0 aliphatic heterocycles. The minimum absolute atomic E-state index is 0.311. The van der Waals surface area contributed by atoms with Crippen LogP contribution in [0.5, 0.6) is 5.75 Å². The van der Waals surface area contributed by atoms with Crippen LogP contribution in [0.4, 0.5) is 5.69 Å². The van der Waals surface area contributed by atoms with Gasteiger partial charge in [0.05, 0.1) is 11.2 Å². The molecule has 0 amide bonds. The van der Waals surface area contributed by atoms with Crippen molar-refractivity contribution >= 4 is 16.7 Å². The lowest BCUT2D eigenvalue weighted by atomic mass is 10.2. The van der Waals surface area contributed by atoms with Crippen LogP contribution in [0.25, 0.3) is 11.0 Å². The minimum atomic E-state index is -0.637. The summed E-state index contributed by atoms with van der Waals surface area (Å²) >= 11 is 0. The van der Waals surface area contributed by atoms with Crippen LogP contribution >= 0.6 is 0 Å². The van der Waals surface area contributed by atoms with Gasteiger partial charge in [0.2, 0.25) is 0 Å². The molecule has 0 spiro atoms. The first-order chi connectivity index (χ1) is 6.18. The zero-order valence-corrected chi connectivity index (χ0v) is 6.43. The smallest absolute Gasteiger partial charge is 0.311 e. The van der Waals surface area contributed by atoms with Crippen molar-refractivity contribution in [3.63, 3.8) is 0 Å². The van der Waals surface area contributed by atoms with Crippen molar-refractivity contribution in [2.45, 2.75) is 0 Å². The fourth-order valence-corrected chi connectivity index (χ4v) is 1.13. The van der Waals surface area contributed by atoms with Gasteiger partial charge >= 0.3 is 5.69 Å². The van der Waals surface area contributed by atoms with Crippen molar-refractivity contribution < 1.29 is 14.4 Å². The third-order valence-electron chi connectivity index (χ3n) is 1.75. The van der Waals surface area contributed by atoms with Crippen LogP contribution in [0.2, 0.25) is 0 Å². The second-order valence-corrected chi connectivity index (χ2v) is 2.56. The number of phenolic OH excluding ortho intramolecular Hbond substituents is 1. The Bertz CT molecular complexity index is 474. The van der Waals surface area contributed by atoms with E-state index in [1.807, 2.05) is 0 Å². The molecular formula is C8H5NO4. The van der Waals surface area contributed by atoms with Crippen LogP contribution < -0.4 is 0 Å². The van der Waals surface area contributed by atoms with E-state index in [1.165, 1.54) is 18.4 Å². The third-order valence-corrected chi connectivity index (χ3v) is 1.75. The Balaban J connectivity index is 2.76. The molecule has 1 aromatic carbocycles. The lowest BCUT2D eigenvalue weighted by Gasteiger charge is -1.94. The third kappa shape index (κ3) is 1.10. The van der Waals surface area contributed by atoms with E-state index in [-0.39, 0.29) is 11.4 Å². The summed E-state index contributed by atoms with van der Waals surface area (Å²) in [7, 11) is 0. The molecule has 0 saturated carbocycles. The number of phenols is 1. The predicted octanol–water partition coefficient (Wildman–Crippen LogP) is 2.05. The van der Waals surface area contributed by atoms with Crippen LogP contribution in [0.1, 0.15) is 0 Å². The Morgan fingerprint density at radius 2 is 2.23 bits per heavy atom. The minimum Gasteiger partial charge on any atom is -0.502 e. The van der Waals surface area contributed by atoms with Crippen LogP contribution in [0, 0.1) is 10.1 Å². The molecule has 0 saturated heterocycles. The molecule has 0 bridgehead atoms. The standard InChI is InChI=1S/C8H5NO4/c10-7-4-8-5(1-2-13-8)3-6(7)9(11)12/h1-4,10H. The number of rotatable bonds is 1. The summed E-state index contributed by atoms with van der Waals surface area (Å²) in [5.41, 5.74) is 0.122. The molecule has 2 rings (SSSR count). The van der Waals surface area contributed by atoms with Gasteiger partial charge in [0, 0.05) is 17.5 Å². The number of nitrogens with zero attached hydrogens (tertiary/aromatic N) is 1. The SMILES string of the molecule is O=[N+]([O-])c1cc2ccoc2cc1O. The van der Waals surface area contributed by atoms with Gasteiger partial charge in [0.1, 0.15) is 5.58 Å². The molecule has 5 nitrogen and oxygen atoms in total. The number of aromatic hydroxyl groups is 1. The number of nitro groups is 1. The van der Waals surface area contributed by atoms with Crippen molar-refractivity contribution in [2.75, 3.05) is 0 Å². The molecular weight excluding hydrogens is 174 g/mol. The number of fused-ring (bicyclic) bond motifs is 1. The molecule has 0 aliphatic carbocycles. The summed E-state index contributed by atoms with van der Waals surface area (Å²) < 4.78 is 4.95. The zero-order valence-electron chi connectivity index (χ0n) is 6.43. The fraction of sp³-hybridized carbons (Fsp3) is 0. The van der Waals surface area contributed by atoms with Crippen molar-refractivity contribution in [3.8, 4) is 5.75 Å². The van der Waals surface area contributed by atoms with Crippen LogP contribution in [0.3, 0.4) is 0 Å². The predicted molar refractivity (Wildman–Crippen MR) is 44.5 cm³/mol. The normalized spacial score (nSPS) is 10.5. The van der Waals surface area contributed by atoms with E-state index in [0.29, 0.717) is 11.0 Å². The number of hydrogen-bond donors (Lipinski definition) is 1. The maximum Gasteiger partial charge on any atom is 0.311 e. The van der Waals surface area contributed by atoms with Crippen molar-refractivity contribution in [3.05, 3.63) is 34.6 Å². The molecule has 5 heteroatoms. The Morgan fingerprint density at radius 3 is 2.92 bits per heavy atom. The molecule has 0 fully saturated rings. The maximum atomic E-state index is 10.4. The summed E-state index contributed by atoms with van der Waals surface area (Å²) in [5.74, 6) is -0.382. The van der Waals surface area contributed by atoms with E-state index in [2.05, 4.69) is 0 Å². The monoisotopic (exact) mass is 179 g/mol. The first kappa shape index (κ1) is 7.60. The average Bonchev–Trinajstić information content (AvgIpc) is 2.48. The molecule has 0 aliphatic rings. The van der Waals surface area contributed by atoms with Crippen molar-refractivity contribution in [2.24, 2.45) is 0 Å². The van der Waals surface area contributed by atoms with Crippen LogP contribution in [0.15, 0.2) is 28.9 Å². The molecule has 13 heavy (non-hydrogen) atoms. The highest BCUT2D eigenvalue weighted by atomic mass is 16.6. The van der Waals surface area contributed by atoms with Gasteiger partial charge in [-0.15, -0.1) is 0 Å². The maximum absolute atomic E-state index is 10.4. The molecule has 0 unspecified atom stereocenters. The van der Waals surface area contributed by atoms with E-state index < -0.39 is 4.92 Å². The highest BCUT2D eigenvalue weighted by Crippen LogP contribution is 2.31. The summed E-state index contributed by atoms with van der Waals surface area (Å²) in [6.45, 7) is 0. The highest BCUT2D eigenvalue weighted by Gasteiger charge is 2.14. The quantitative estimate of drug-likeness (QED) is 0.536. The molecule has 0 radical (unpaired) electrons. The van der Waals surface area contributed by atoms with E-state index in [4.69, 9.17) is 4.42 Å². The number of furan rings is 1. The second-order valence-electron chi connectivity index (χ2n) is 2.56. The Morgan fingerprint density at radius 1 is 1.46 bits per heavy atom. The Hall–Kier alpha value is -2.04. The highest BCUT2D eigenvalue weighted by molar-refractivity contribution is 5.82. The van der Waals surface area contributed by atoms with Crippen LogP contribution in [-0.2, 0) is 0 Å². The molecule has 66 valence electrons. The second kappa shape index (κ2) is 2.48. The lowest BCUT2D eigenvalue weighted by molar-refractivity contribution is -0.385. The van der Waals surface area contributed by atoms with E-state index >= 15 is 0 Å². The van der Waals surface area contributed by atoms with Gasteiger partial charge in [-0.3, -0.25) is 10.1 Å². The van der Waals surface area contributed by atoms with E-state index in [9.17, 15) is 15.2 Å². The lowest BCUT2D eigenvalue weighted by Crippen LogP contribution is -1.87. The molecule has 0 atom stereocenters. The first-order valence-electron chi connectivity index (χ1n) is 3.53. The number of benzene rings is 1. The van der Waals surface area contributed by atoms with Gasteiger partial charge in [0.25, 0.3) is 0 Å². The molecule has 1 N–H and O–H groups in total.